The fourth-order valence-electron chi connectivity index (χ4n) is 2.57. The molecule has 1 aliphatic rings. The van der Waals surface area contributed by atoms with Crippen molar-refractivity contribution in [3.8, 4) is 11.9 Å². The third-order valence-corrected chi connectivity index (χ3v) is 3.67. The zero-order valence-corrected chi connectivity index (χ0v) is 13.7. The normalized spacial score (nSPS) is 15.2. The van der Waals surface area contributed by atoms with Gasteiger partial charge in [0.25, 0.3) is 11.6 Å². The fourth-order valence-corrected chi connectivity index (χ4v) is 2.57. The number of nitrogens with zero attached hydrogens (tertiary/aromatic N) is 2. The van der Waals surface area contributed by atoms with E-state index in [1.807, 2.05) is 26.8 Å². The van der Waals surface area contributed by atoms with E-state index in [1.54, 1.807) is 0 Å². The first-order valence-corrected chi connectivity index (χ1v) is 7.66. The largest absolute Gasteiger partial charge is 0.467 e. The maximum absolute atomic E-state index is 13.6. The first-order chi connectivity index (χ1) is 11.4. The first-order valence-electron chi connectivity index (χ1n) is 7.66. The van der Waals surface area contributed by atoms with Crippen molar-refractivity contribution >= 4 is 5.57 Å². The molecule has 0 unspecified atom stereocenters. The highest BCUT2D eigenvalue weighted by Gasteiger charge is 2.29. The molecule has 24 heavy (non-hydrogen) atoms. The summed E-state index contributed by atoms with van der Waals surface area (Å²) < 4.78 is 24.8. The highest BCUT2D eigenvalue weighted by atomic mass is 19.1. The standard InChI is InChI=1S/C17H18FN3O3/c1-4-10-7-17(2,3)24-15-13(10)14(22)20-16(21-15)23-9-11-5-6-19-8-12(11)18/h5-8H,4,9H2,1-3H3,(H,20,21,22). The number of pyridine rings is 1. The molecule has 1 aliphatic heterocycles. The molecule has 0 spiro atoms. The summed E-state index contributed by atoms with van der Waals surface area (Å²) in [4.78, 5) is 22.8. The van der Waals surface area contributed by atoms with Crippen LogP contribution in [0.2, 0.25) is 0 Å². The van der Waals surface area contributed by atoms with E-state index in [2.05, 4.69) is 15.0 Å². The minimum atomic E-state index is -0.562. The molecule has 0 radical (unpaired) electrons. The molecule has 0 amide bonds. The Bertz CT molecular complexity index is 858. The number of H-pyrrole nitrogens is 1. The molecule has 6 nitrogen and oxygen atoms in total. The smallest absolute Gasteiger partial charge is 0.300 e. The van der Waals surface area contributed by atoms with Crippen molar-refractivity contribution in [3.05, 3.63) is 51.8 Å². The van der Waals surface area contributed by atoms with Gasteiger partial charge in [-0.15, -0.1) is 0 Å². The highest BCUT2D eigenvalue weighted by Crippen LogP contribution is 2.34. The van der Waals surface area contributed by atoms with Crippen molar-refractivity contribution in [1.82, 2.24) is 15.0 Å². The summed E-state index contributed by atoms with van der Waals surface area (Å²) in [5.74, 6) is -0.250. The summed E-state index contributed by atoms with van der Waals surface area (Å²) in [6, 6.07) is 1.49. The third kappa shape index (κ3) is 3.15. The molecule has 0 atom stereocenters. The molecule has 0 saturated carbocycles. The molecule has 0 aliphatic carbocycles. The van der Waals surface area contributed by atoms with Crippen LogP contribution in [-0.2, 0) is 6.61 Å². The van der Waals surface area contributed by atoms with Gasteiger partial charge in [0.05, 0.1) is 6.20 Å². The summed E-state index contributed by atoms with van der Waals surface area (Å²) >= 11 is 0. The Morgan fingerprint density at radius 3 is 2.92 bits per heavy atom. The van der Waals surface area contributed by atoms with Gasteiger partial charge < -0.3 is 9.47 Å². The van der Waals surface area contributed by atoms with Crippen LogP contribution >= 0.6 is 0 Å². The van der Waals surface area contributed by atoms with Crippen LogP contribution in [0.1, 0.15) is 38.3 Å². The number of nitrogens with one attached hydrogen (secondary N) is 1. The number of aromatic nitrogens is 3. The van der Waals surface area contributed by atoms with Gasteiger partial charge in [-0.05, 0) is 38.0 Å². The summed E-state index contributed by atoms with van der Waals surface area (Å²) in [5, 5.41) is 0. The van der Waals surface area contributed by atoms with Crippen LogP contribution in [0.5, 0.6) is 11.9 Å². The molecular weight excluding hydrogens is 313 g/mol. The predicted molar refractivity (Wildman–Crippen MR) is 86.4 cm³/mol. The van der Waals surface area contributed by atoms with Crippen molar-refractivity contribution in [2.24, 2.45) is 0 Å². The van der Waals surface area contributed by atoms with Crippen LogP contribution in [0.15, 0.2) is 29.3 Å². The summed E-state index contributed by atoms with van der Waals surface area (Å²) in [5.41, 5.74) is 0.712. The predicted octanol–water partition coefficient (Wildman–Crippen LogP) is 2.85. The maximum atomic E-state index is 13.6. The quantitative estimate of drug-likeness (QED) is 0.932. The Kier molecular flexibility index (Phi) is 4.09. The Morgan fingerprint density at radius 2 is 2.21 bits per heavy atom. The number of rotatable bonds is 4. The van der Waals surface area contributed by atoms with Crippen LogP contribution < -0.4 is 15.0 Å². The molecule has 0 saturated heterocycles. The van der Waals surface area contributed by atoms with Crippen LogP contribution in [-0.4, -0.2) is 20.6 Å². The van der Waals surface area contributed by atoms with Crippen molar-refractivity contribution < 1.29 is 13.9 Å². The molecule has 1 N–H and O–H groups in total. The van der Waals surface area contributed by atoms with Gasteiger partial charge in [0.15, 0.2) is 0 Å². The maximum Gasteiger partial charge on any atom is 0.300 e. The van der Waals surface area contributed by atoms with Gasteiger partial charge in [-0.2, -0.15) is 4.98 Å². The number of fused-ring (bicyclic) bond motifs is 1. The Hall–Kier alpha value is -2.70. The number of hydrogen-bond donors (Lipinski definition) is 1. The average Bonchev–Trinajstić information content (AvgIpc) is 2.52. The lowest BCUT2D eigenvalue weighted by Crippen LogP contribution is -2.32. The van der Waals surface area contributed by atoms with Crippen LogP contribution in [0.4, 0.5) is 4.39 Å². The zero-order chi connectivity index (χ0) is 17.3. The Labute approximate surface area is 138 Å². The lowest BCUT2D eigenvalue weighted by atomic mass is 9.96. The van der Waals surface area contributed by atoms with E-state index in [4.69, 9.17) is 9.47 Å². The van der Waals surface area contributed by atoms with Gasteiger partial charge in [0.2, 0.25) is 5.88 Å². The van der Waals surface area contributed by atoms with E-state index in [0.29, 0.717) is 17.5 Å². The van der Waals surface area contributed by atoms with Gasteiger partial charge in [0.1, 0.15) is 23.6 Å². The molecule has 7 heteroatoms. The molecule has 0 fully saturated rings. The zero-order valence-electron chi connectivity index (χ0n) is 13.7. The SMILES string of the molecule is CCC1=CC(C)(C)Oc2nc(OCc3ccncc3F)[nH]c(=O)c21. The molecule has 2 aromatic rings. The van der Waals surface area contributed by atoms with Gasteiger partial charge in [-0.3, -0.25) is 14.8 Å². The number of hydrogen-bond acceptors (Lipinski definition) is 5. The fraction of sp³-hybridized carbons (Fsp3) is 0.353. The number of ether oxygens (including phenoxy) is 2. The second-order valence-corrected chi connectivity index (χ2v) is 6.04. The molecule has 0 aromatic carbocycles. The summed E-state index contributed by atoms with van der Waals surface area (Å²) in [7, 11) is 0. The van der Waals surface area contributed by atoms with Crippen LogP contribution in [0.25, 0.3) is 5.57 Å². The van der Waals surface area contributed by atoms with Crippen molar-refractivity contribution in [2.75, 3.05) is 0 Å². The minimum Gasteiger partial charge on any atom is -0.467 e. The highest BCUT2D eigenvalue weighted by molar-refractivity contribution is 5.71. The minimum absolute atomic E-state index is 0.0110. The first kappa shape index (κ1) is 16.2. The van der Waals surface area contributed by atoms with Crippen LogP contribution in [0.3, 0.4) is 0 Å². The van der Waals surface area contributed by atoms with E-state index < -0.39 is 11.4 Å². The molecule has 126 valence electrons. The van der Waals surface area contributed by atoms with Gasteiger partial charge in [-0.1, -0.05) is 6.92 Å². The molecule has 0 bridgehead atoms. The monoisotopic (exact) mass is 331 g/mol. The van der Waals surface area contributed by atoms with E-state index in [1.165, 1.54) is 12.3 Å². The Morgan fingerprint density at radius 1 is 1.42 bits per heavy atom. The second kappa shape index (κ2) is 6.07. The topological polar surface area (TPSA) is 77.1 Å². The molecule has 3 heterocycles. The Balaban J connectivity index is 1.91. The lowest BCUT2D eigenvalue weighted by Gasteiger charge is -2.29. The second-order valence-electron chi connectivity index (χ2n) is 6.04. The molecule has 3 rings (SSSR count). The van der Waals surface area contributed by atoms with E-state index in [-0.39, 0.29) is 24.1 Å². The van der Waals surface area contributed by atoms with Gasteiger partial charge >= 0.3 is 0 Å². The van der Waals surface area contributed by atoms with Gasteiger partial charge in [-0.25, -0.2) is 4.39 Å². The van der Waals surface area contributed by atoms with Crippen molar-refractivity contribution in [2.45, 2.75) is 39.4 Å². The third-order valence-electron chi connectivity index (χ3n) is 3.67. The number of aromatic amines is 1. The summed E-state index contributed by atoms with van der Waals surface area (Å²) in [6.07, 6.45) is 5.17. The molecule has 2 aromatic heterocycles. The van der Waals surface area contributed by atoms with Crippen molar-refractivity contribution in [1.29, 1.82) is 0 Å². The summed E-state index contributed by atoms with van der Waals surface area (Å²) in [6.45, 7) is 5.67. The van der Waals surface area contributed by atoms with Gasteiger partial charge in [0, 0.05) is 11.8 Å². The number of allylic oxidation sites excluding steroid dienone is 1. The van der Waals surface area contributed by atoms with Crippen molar-refractivity contribution in [3.63, 3.8) is 0 Å². The number of halogens is 1. The lowest BCUT2D eigenvalue weighted by molar-refractivity contribution is 0.146. The molecular formula is C17H18FN3O3. The van der Waals surface area contributed by atoms with E-state index in [0.717, 1.165) is 11.8 Å². The van der Waals surface area contributed by atoms with E-state index >= 15 is 0 Å². The van der Waals surface area contributed by atoms with Crippen LogP contribution in [0, 0.1) is 5.82 Å². The van der Waals surface area contributed by atoms with E-state index in [9.17, 15) is 9.18 Å². The average molecular weight is 331 g/mol.